The van der Waals surface area contributed by atoms with Gasteiger partial charge in [-0.05, 0) is 103 Å². The molecule has 0 unspecified atom stereocenters. The summed E-state index contributed by atoms with van der Waals surface area (Å²) in [5.41, 5.74) is 22.8. The largest absolute Gasteiger partial charge is 0.309 e. The number of hydrogen-bond donors (Lipinski definition) is 0. The maximum atomic E-state index is 2.57. The van der Waals surface area contributed by atoms with Gasteiger partial charge in [-0.1, -0.05) is 244 Å². The third-order valence-electron chi connectivity index (χ3n) is 15.8. The number of nitrogens with zero attached hydrogens (tertiary/aromatic N) is 1. The summed E-state index contributed by atoms with van der Waals surface area (Å²) in [6.45, 7) is 4.80. The summed E-state index contributed by atoms with van der Waals surface area (Å²) in [7, 11) is 0. The van der Waals surface area contributed by atoms with Crippen LogP contribution in [0.15, 0.2) is 261 Å². The highest BCUT2D eigenvalue weighted by atomic mass is 32.1. The number of benzene rings is 11. The molecule has 0 bridgehead atoms. The molecule has 72 heavy (non-hydrogen) atoms. The van der Waals surface area contributed by atoms with Crippen molar-refractivity contribution < 1.29 is 0 Å². The average molecular weight is 936 g/mol. The number of fused-ring (bicyclic) bond motifs is 12. The van der Waals surface area contributed by atoms with Crippen molar-refractivity contribution in [2.24, 2.45) is 0 Å². The molecule has 11 aromatic carbocycles. The maximum Gasteiger partial charge on any atom is 0.0720 e. The van der Waals surface area contributed by atoms with Crippen LogP contribution in [0.1, 0.15) is 47.2 Å². The first kappa shape index (κ1) is 42.3. The molecule has 0 atom stereocenters. The Morgan fingerprint density at radius 2 is 0.750 bits per heavy atom. The normalized spacial score (nSPS) is 13.6. The topological polar surface area (TPSA) is 3.24 Å². The standard InChI is InChI=1S/C70H49NS/c1-69(2)60-36-15-17-38-62(60)70(63-39-18-16-37-61(63)69)59-35-14-10-29-52(59)53-44-43-47(45-64(53)70)71(66-41-20-12-31-55(66)57-33-22-34-58-56-32-13-21-42-67(56)72-68(57)58)65-40-19-11-30-54(65)51-28-9-8-27-50(51)49-26-7-6-25-48(49)46-23-4-3-5-24-46/h3-45H,1-2H3. The molecule has 2 heteroatoms. The molecule has 14 rings (SSSR count). The van der Waals surface area contributed by atoms with Crippen LogP contribution >= 0.6 is 11.3 Å². The molecule has 2 aliphatic rings. The Hall–Kier alpha value is -8.56. The molecular weight excluding hydrogens is 887 g/mol. The van der Waals surface area contributed by atoms with Crippen molar-refractivity contribution in [3.63, 3.8) is 0 Å². The van der Waals surface area contributed by atoms with Gasteiger partial charge < -0.3 is 4.90 Å². The van der Waals surface area contributed by atoms with Gasteiger partial charge in [0.1, 0.15) is 0 Å². The van der Waals surface area contributed by atoms with E-state index in [4.69, 9.17) is 0 Å². The van der Waals surface area contributed by atoms with Crippen molar-refractivity contribution in [2.45, 2.75) is 24.7 Å². The quantitative estimate of drug-likeness (QED) is 0.154. The fourth-order valence-electron chi connectivity index (χ4n) is 12.7. The van der Waals surface area contributed by atoms with Crippen LogP contribution in [0.25, 0.3) is 75.8 Å². The predicted molar refractivity (Wildman–Crippen MR) is 305 cm³/mol. The molecule has 0 aliphatic heterocycles. The lowest BCUT2D eigenvalue weighted by atomic mass is 9.55. The number of para-hydroxylation sites is 2. The van der Waals surface area contributed by atoms with E-state index in [2.05, 4.69) is 280 Å². The van der Waals surface area contributed by atoms with Crippen molar-refractivity contribution in [1.29, 1.82) is 0 Å². The highest BCUT2D eigenvalue weighted by molar-refractivity contribution is 7.26. The second-order valence-electron chi connectivity index (χ2n) is 19.8. The van der Waals surface area contributed by atoms with Crippen LogP contribution in [0.5, 0.6) is 0 Å². The van der Waals surface area contributed by atoms with E-state index in [1.54, 1.807) is 0 Å². The van der Waals surface area contributed by atoms with Crippen molar-refractivity contribution in [3.8, 4) is 55.6 Å². The third kappa shape index (κ3) is 6.19. The molecule has 0 fully saturated rings. The van der Waals surface area contributed by atoms with E-state index in [1.807, 2.05) is 11.3 Å². The van der Waals surface area contributed by atoms with Gasteiger partial charge in [-0.25, -0.2) is 0 Å². The van der Waals surface area contributed by atoms with Gasteiger partial charge in [0.15, 0.2) is 0 Å². The van der Waals surface area contributed by atoms with E-state index in [1.165, 1.54) is 104 Å². The Bertz CT molecular complexity index is 4050. The van der Waals surface area contributed by atoms with Crippen molar-refractivity contribution >= 4 is 48.6 Å². The number of anilines is 3. The maximum absolute atomic E-state index is 2.57. The summed E-state index contributed by atoms with van der Waals surface area (Å²) in [5, 5.41) is 2.58. The van der Waals surface area contributed by atoms with Gasteiger partial charge in [0.05, 0.1) is 16.8 Å². The van der Waals surface area contributed by atoms with E-state index in [0.29, 0.717) is 0 Å². The summed E-state index contributed by atoms with van der Waals surface area (Å²) in [5.74, 6) is 0. The average Bonchev–Trinajstić information content (AvgIpc) is 3.98. The van der Waals surface area contributed by atoms with Crippen molar-refractivity contribution in [1.82, 2.24) is 0 Å². The van der Waals surface area contributed by atoms with Gasteiger partial charge in [0.2, 0.25) is 0 Å². The summed E-state index contributed by atoms with van der Waals surface area (Å²) in [4.78, 5) is 2.57. The molecule has 1 heterocycles. The summed E-state index contributed by atoms with van der Waals surface area (Å²) < 4.78 is 2.59. The second kappa shape index (κ2) is 16.5. The zero-order valence-electron chi connectivity index (χ0n) is 40.2. The molecule has 0 saturated heterocycles. The molecular formula is C70H49NS. The molecule has 12 aromatic rings. The van der Waals surface area contributed by atoms with Crippen LogP contribution in [0, 0.1) is 0 Å². The fraction of sp³-hybridized carbons (Fsp3) is 0.0571. The minimum absolute atomic E-state index is 0.197. The van der Waals surface area contributed by atoms with Gasteiger partial charge in [-0.2, -0.15) is 0 Å². The van der Waals surface area contributed by atoms with Crippen LogP contribution in [-0.4, -0.2) is 0 Å². The van der Waals surface area contributed by atoms with E-state index >= 15 is 0 Å². The lowest BCUT2D eigenvalue weighted by Gasteiger charge is -2.46. The highest BCUT2D eigenvalue weighted by Gasteiger charge is 2.53. The van der Waals surface area contributed by atoms with E-state index in [-0.39, 0.29) is 5.41 Å². The number of thiophene rings is 1. The van der Waals surface area contributed by atoms with Gasteiger partial charge >= 0.3 is 0 Å². The molecule has 0 radical (unpaired) electrons. The molecule has 1 spiro atoms. The summed E-state index contributed by atoms with van der Waals surface area (Å²) in [6.07, 6.45) is 0. The van der Waals surface area contributed by atoms with E-state index in [9.17, 15) is 0 Å². The van der Waals surface area contributed by atoms with Crippen LogP contribution in [0.2, 0.25) is 0 Å². The van der Waals surface area contributed by atoms with E-state index < -0.39 is 5.41 Å². The Kier molecular flexibility index (Phi) is 9.71. The smallest absolute Gasteiger partial charge is 0.0720 e. The lowest BCUT2D eigenvalue weighted by molar-refractivity contribution is 0.563. The molecule has 2 aliphatic carbocycles. The molecule has 0 saturated carbocycles. The Balaban J connectivity index is 1.06. The minimum Gasteiger partial charge on any atom is -0.309 e. The number of hydrogen-bond acceptors (Lipinski definition) is 2. The third-order valence-corrected chi connectivity index (χ3v) is 17.0. The van der Waals surface area contributed by atoms with Gasteiger partial charge in [-0.15, -0.1) is 11.3 Å². The van der Waals surface area contributed by atoms with Crippen molar-refractivity contribution in [3.05, 3.63) is 294 Å². The van der Waals surface area contributed by atoms with Crippen LogP contribution in [0.3, 0.4) is 0 Å². The van der Waals surface area contributed by atoms with Crippen LogP contribution in [0.4, 0.5) is 17.1 Å². The zero-order valence-corrected chi connectivity index (χ0v) is 41.0. The zero-order chi connectivity index (χ0) is 48.0. The van der Waals surface area contributed by atoms with E-state index in [0.717, 1.165) is 22.6 Å². The first-order valence-corrected chi connectivity index (χ1v) is 25.9. The van der Waals surface area contributed by atoms with Crippen LogP contribution < -0.4 is 4.90 Å². The minimum atomic E-state index is -0.550. The lowest BCUT2D eigenvalue weighted by Crippen LogP contribution is -2.40. The Labute approximate surface area is 425 Å². The first-order chi connectivity index (χ1) is 35.5. The van der Waals surface area contributed by atoms with Gasteiger partial charge in [-0.3, -0.25) is 0 Å². The van der Waals surface area contributed by atoms with Gasteiger partial charge in [0, 0.05) is 48.0 Å². The number of rotatable bonds is 7. The second-order valence-corrected chi connectivity index (χ2v) is 20.9. The molecule has 1 nitrogen and oxygen atoms in total. The molecule has 1 aromatic heterocycles. The monoisotopic (exact) mass is 935 g/mol. The Morgan fingerprint density at radius 3 is 1.42 bits per heavy atom. The SMILES string of the molecule is CC1(C)c2ccccc2C2(c3ccccc3-c3ccc(N(c4ccccc4-c4ccccc4-c4ccccc4-c4ccccc4)c4ccccc4-c4cccc5c4sc4ccccc45)cc32)c2ccccc21. The highest BCUT2D eigenvalue weighted by Crippen LogP contribution is 2.63. The fourth-order valence-corrected chi connectivity index (χ4v) is 13.9. The summed E-state index contributed by atoms with van der Waals surface area (Å²) >= 11 is 1.89. The predicted octanol–water partition coefficient (Wildman–Crippen LogP) is 19.2. The van der Waals surface area contributed by atoms with Crippen molar-refractivity contribution in [2.75, 3.05) is 4.90 Å². The van der Waals surface area contributed by atoms with Crippen LogP contribution in [-0.2, 0) is 10.8 Å². The molecule has 340 valence electrons. The first-order valence-electron chi connectivity index (χ1n) is 25.1. The summed E-state index contributed by atoms with van der Waals surface area (Å²) in [6, 6.07) is 97.5. The molecule has 0 amide bonds. The van der Waals surface area contributed by atoms with Gasteiger partial charge in [0.25, 0.3) is 0 Å². The Morgan fingerprint density at radius 1 is 0.306 bits per heavy atom. The molecule has 0 N–H and O–H groups in total.